The molecule has 0 saturated carbocycles. The maximum atomic E-state index is 13.5. The van der Waals surface area contributed by atoms with Crippen LogP contribution in [0.25, 0.3) is 11.3 Å². The first kappa shape index (κ1) is 19.5. The van der Waals surface area contributed by atoms with Crippen molar-refractivity contribution < 1.29 is 9.31 Å². The number of aromatic nitrogens is 1. The second-order valence-electron chi connectivity index (χ2n) is 6.96. The molecular formula is C22H15FN4O2S2. The Morgan fingerprint density at radius 1 is 1.10 bits per heavy atom. The average molecular weight is 451 g/mol. The van der Waals surface area contributed by atoms with Crippen molar-refractivity contribution in [3.05, 3.63) is 97.8 Å². The molecule has 0 spiro atoms. The van der Waals surface area contributed by atoms with E-state index in [4.69, 9.17) is 10.1 Å². The van der Waals surface area contributed by atoms with Crippen LogP contribution in [0.15, 0.2) is 76.5 Å². The molecule has 2 aromatic heterocycles. The van der Waals surface area contributed by atoms with Gasteiger partial charge in [-0.15, -0.1) is 22.7 Å². The van der Waals surface area contributed by atoms with Crippen molar-refractivity contribution in [2.24, 2.45) is 5.10 Å². The molecule has 154 valence electrons. The van der Waals surface area contributed by atoms with Crippen LogP contribution in [0.2, 0.25) is 0 Å². The van der Waals surface area contributed by atoms with E-state index in [9.17, 15) is 14.5 Å². The minimum atomic E-state index is -0.417. The fraction of sp³-hybridized carbons (Fsp3) is 0.0909. The molecule has 5 rings (SSSR count). The summed E-state index contributed by atoms with van der Waals surface area (Å²) in [4.78, 5) is 16.5. The molecule has 4 aromatic rings. The Hall–Kier alpha value is -3.43. The van der Waals surface area contributed by atoms with Gasteiger partial charge in [0.25, 0.3) is 5.69 Å². The summed E-state index contributed by atoms with van der Waals surface area (Å²) in [6.07, 6.45) is 0.678. The number of hydrazone groups is 1. The lowest BCUT2D eigenvalue weighted by atomic mass is 10.0. The van der Waals surface area contributed by atoms with Gasteiger partial charge in [-0.3, -0.25) is 10.1 Å². The normalized spacial score (nSPS) is 15.8. The molecule has 0 aliphatic carbocycles. The molecule has 0 N–H and O–H groups in total. The van der Waals surface area contributed by atoms with Gasteiger partial charge in [0.05, 0.1) is 27.2 Å². The molecule has 0 unspecified atom stereocenters. The summed E-state index contributed by atoms with van der Waals surface area (Å²) < 4.78 is 13.5. The number of halogens is 1. The number of anilines is 1. The highest BCUT2D eigenvalue weighted by atomic mass is 32.1. The molecule has 6 nitrogen and oxygen atoms in total. The Morgan fingerprint density at radius 2 is 1.94 bits per heavy atom. The lowest BCUT2D eigenvalue weighted by molar-refractivity contribution is -0.384. The van der Waals surface area contributed by atoms with Gasteiger partial charge in [0.15, 0.2) is 0 Å². The fourth-order valence-corrected chi connectivity index (χ4v) is 5.06. The predicted molar refractivity (Wildman–Crippen MR) is 121 cm³/mol. The molecule has 1 aliphatic rings. The molecule has 1 aliphatic heterocycles. The van der Waals surface area contributed by atoms with Gasteiger partial charge in [0, 0.05) is 29.5 Å². The summed E-state index contributed by atoms with van der Waals surface area (Å²) in [5.41, 5.74) is 3.26. The van der Waals surface area contributed by atoms with Crippen molar-refractivity contribution in [2.45, 2.75) is 12.5 Å². The number of nitro benzene ring substituents is 1. The predicted octanol–water partition coefficient (Wildman–Crippen LogP) is 6.27. The van der Waals surface area contributed by atoms with Crippen molar-refractivity contribution in [2.75, 3.05) is 5.01 Å². The monoisotopic (exact) mass is 450 g/mol. The highest BCUT2D eigenvalue weighted by molar-refractivity contribution is 7.14. The summed E-state index contributed by atoms with van der Waals surface area (Å²) in [7, 11) is 0. The second kappa shape index (κ2) is 8.01. The second-order valence-corrected chi connectivity index (χ2v) is 8.75. The van der Waals surface area contributed by atoms with Gasteiger partial charge < -0.3 is 0 Å². The molecule has 2 aromatic carbocycles. The number of rotatable bonds is 5. The third kappa shape index (κ3) is 3.85. The van der Waals surface area contributed by atoms with Crippen LogP contribution in [0.1, 0.15) is 22.9 Å². The zero-order valence-electron chi connectivity index (χ0n) is 16.0. The number of nitro groups is 1. The Bertz CT molecular complexity index is 1270. The Morgan fingerprint density at radius 3 is 2.68 bits per heavy atom. The van der Waals surface area contributed by atoms with Crippen LogP contribution >= 0.6 is 22.7 Å². The molecule has 0 amide bonds. The fourth-order valence-electron chi connectivity index (χ4n) is 3.50. The Kier molecular flexibility index (Phi) is 5.05. The van der Waals surface area contributed by atoms with E-state index >= 15 is 0 Å². The van der Waals surface area contributed by atoms with Crippen molar-refractivity contribution in [1.29, 1.82) is 0 Å². The van der Waals surface area contributed by atoms with Crippen molar-refractivity contribution >= 4 is 39.2 Å². The molecular weight excluding hydrogens is 435 g/mol. The molecule has 3 heterocycles. The zero-order chi connectivity index (χ0) is 21.4. The van der Waals surface area contributed by atoms with E-state index in [1.165, 1.54) is 35.6 Å². The maximum Gasteiger partial charge on any atom is 0.270 e. The highest BCUT2D eigenvalue weighted by Gasteiger charge is 2.32. The van der Waals surface area contributed by atoms with Crippen LogP contribution in [0.4, 0.5) is 15.2 Å². The number of benzene rings is 2. The molecule has 0 bridgehead atoms. The SMILES string of the molecule is O=[N+]([O-])c1cccc(-c2csc(N3N=C(c4cccs4)C[C@@H]3c3ccc(F)cc3)n2)c1. The topological polar surface area (TPSA) is 71.6 Å². The first-order chi connectivity index (χ1) is 15.1. The first-order valence-corrected chi connectivity index (χ1v) is 11.2. The minimum absolute atomic E-state index is 0.0235. The minimum Gasteiger partial charge on any atom is -0.258 e. The molecule has 0 fully saturated rings. The van der Waals surface area contributed by atoms with Crippen LogP contribution in [-0.4, -0.2) is 15.6 Å². The van der Waals surface area contributed by atoms with Gasteiger partial charge in [-0.05, 0) is 29.1 Å². The summed E-state index contributed by atoms with van der Waals surface area (Å²) in [6, 6.07) is 16.8. The molecule has 0 saturated heterocycles. The number of thiophene rings is 1. The number of hydrogen-bond acceptors (Lipinski definition) is 7. The Balaban J connectivity index is 1.52. The first-order valence-electron chi connectivity index (χ1n) is 9.45. The van der Waals surface area contributed by atoms with E-state index in [-0.39, 0.29) is 17.5 Å². The van der Waals surface area contributed by atoms with Gasteiger partial charge in [0.2, 0.25) is 5.13 Å². The smallest absolute Gasteiger partial charge is 0.258 e. The number of nitrogens with zero attached hydrogens (tertiary/aromatic N) is 4. The number of non-ortho nitro benzene ring substituents is 1. The van der Waals surface area contributed by atoms with Gasteiger partial charge in [-0.1, -0.05) is 30.3 Å². The van der Waals surface area contributed by atoms with Gasteiger partial charge in [-0.2, -0.15) is 5.10 Å². The van der Waals surface area contributed by atoms with Crippen LogP contribution in [0, 0.1) is 15.9 Å². The van der Waals surface area contributed by atoms with Crippen LogP contribution in [-0.2, 0) is 0 Å². The number of thiazole rings is 1. The highest BCUT2D eigenvalue weighted by Crippen LogP contribution is 2.40. The van der Waals surface area contributed by atoms with Crippen molar-refractivity contribution in [3.63, 3.8) is 0 Å². The third-order valence-electron chi connectivity index (χ3n) is 5.01. The lowest BCUT2D eigenvalue weighted by Crippen LogP contribution is -2.18. The standard InChI is InChI=1S/C22H15FN4O2S2/c23-16-8-6-14(7-9-16)20-12-18(21-5-2-10-30-21)25-26(20)22-24-19(13-31-22)15-3-1-4-17(11-15)27(28)29/h1-11,13,20H,12H2/t20-/m1/s1. The van der Waals surface area contributed by atoms with Crippen LogP contribution in [0.3, 0.4) is 0 Å². The van der Waals surface area contributed by atoms with E-state index < -0.39 is 4.92 Å². The summed E-state index contributed by atoms with van der Waals surface area (Å²) in [5.74, 6) is -0.282. The zero-order valence-corrected chi connectivity index (χ0v) is 17.6. The molecule has 0 radical (unpaired) electrons. The van der Waals surface area contributed by atoms with E-state index in [2.05, 4.69) is 0 Å². The summed E-state index contributed by atoms with van der Waals surface area (Å²) >= 11 is 3.05. The van der Waals surface area contributed by atoms with E-state index in [1.54, 1.807) is 35.6 Å². The molecule has 1 atom stereocenters. The summed E-state index contributed by atoms with van der Waals surface area (Å²) in [6.45, 7) is 0. The van der Waals surface area contributed by atoms with E-state index in [0.717, 1.165) is 16.2 Å². The molecule has 9 heteroatoms. The van der Waals surface area contributed by atoms with Crippen LogP contribution in [0.5, 0.6) is 0 Å². The summed E-state index contributed by atoms with van der Waals surface area (Å²) in [5, 5.41) is 22.4. The Labute approximate surface area is 185 Å². The molecule has 31 heavy (non-hydrogen) atoms. The van der Waals surface area contributed by atoms with Crippen LogP contribution < -0.4 is 5.01 Å². The largest absolute Gasteiger partial charge is 0.270 e. The van der Waals surface area contributed by atoms with E-state index in [1.807, 2.05) is 27.9 Å². The van der Waals surface area contributed by atoms with Crippen molar-refractivity contribution in [1.82, 2.24) is 4.98 Å². The van der Waals surface area contributed by atoms with Crippen molar-refractivity contribution in [3.8, 4) is 11.3 Å². The van der Waals surface area contributed by atoms with Gasteiger partial charge >= 0.3 is 0 Å². The quantitative estimate of drug-likeness (QED) is 0.265. The number of hydrogen-bond donors (Lipinski definition) is 0. The maximum absolute atomic E-state index is 13.5. The van der Waals surface area contributed by atoms with Gasteiger partial charge in [0.1, 0.15) is 5.82 Å². The average Bonchev–Trinajstić information content (AvgIpc) is 3.54. The third-order valence-corrected chi connectivity index (χ3v) is 6.76. The lowest BCUT2D eigenvalue weighted by Gasteiger charge is -2.21. The van der Waals surface area contributed by atoms with E-state index in [0.29, 0.717) is 22.8 Å². The van der Waals surface area contributed by atoms with Gasteiger partial charge in [-0.25, -0.2) is 14.4 Å².